The van der Waals surface area contributed by atoms with Gasteiger partial charge >= 0.3 is 6.18 Å². The van der Waals surface area contributed by atoms with E-state index in [0.717, 1.165) is 18.2 Å². The van der Waals surface area contributed by atoms with Crippen molar-refractivity contribution < 1.29 is 32.3 Å². The third-order valence-corrected chi connectivity index (χ3v) is 6.12. The fraction of sp³-hybridized carbons (Fsp3) is 0.294. The van der Waals surface area contributed by atoms with Gasteiger partial charge in [-0.05, 0) is 24.3 Å². The van der Waals surface area contributed by atoms with Crippen molar-refractivity contribution in [2.45, 2.75) is 13.1 Å². The predicted molar refractivity (Wildman–Crippen MR) is 103 cm³/mol. The van der Waals surface area contributed by atoms with E-state index in [1.54, 1.807) is 0 Å². The highest BCUT2D eigenvalue weighted by Gasteiger charge is 2.31. The van der Waals surface area contributed by atoms with Crippen LogP contribution in [0.1, 0.15) is 12.5 Å². The zero-order valence-corrected chi connectivity index (χ0v) is 17.0. The summed E-state index contributed by atoms with van der Waals surface area (Å²) in [5.41, 5.74) is -1.26. The predicted octanol–water partition coefficient (Wildman–Crippen LogP) is 5.74. The average molecular weight is 453 g/mol. The summed E-state index contributed by atoms with van der Waals surface area (Å²) in [4.78, 5) is 21.7. The Kier molecular flexibility index (Phi) is 6.82. The molecule has 0 saturated carbocycles. The first-order valence-corrected chi connectivity index (χ1v) is 10.6. The molecule has 158 valence electrons. The van der Waals surface area contributed by atoms with Gasteiger partial charge in [-0.2, -0.15) is 13.2 Å². The fourth-order valence-corrected chi connectivity index (χ4v) is 3.66. The molecule has 0 aliphatic rings. The number of benzene rings is 2. The van der Waals surface area contributed by atoms with Crippen molar-refractivity contribution in [1.29, 1.82) is 0 Å². The summed E-state index contributed by atoms with van der Waals surface area (Å²) in [5.74, 6) is -0.0214. The van der Waals surface area contributed by atoms with E-state index in [-0.39, 0.29) is 40.3 Å². The van der Waals surface area contributed by atoms with Crippen LogP contribution >= 0.6 is 19.0 Å². The Morgan fingerprint density at radius 3 is 2.45 bits per heavy atom. The Morgan fingerprint density at radius 1 is 1.28 bits per heavy atom. The zero-order valence-electron chi connectivity index (χ0n) is 15.3. The molecule has 0 saturated heterocycles. The van der Waals surface area contributed by atoms with Crippen molar-refractivity contribution in [1.82, 2.24) is 0 Å². The molecule has 7 nitrogen and oxygen atoms in total. The van der Waals surface area contributed by atoms with Gasteiger partial charge in [-0.15, -0.1) is 0 Å². The third-order valence-electron chi connectivity index (χ3n) is 3.97. The monoisotopic (exact) mass is 452 g/mol. The minimum Gasteiger partial charge on any atom is -0.456 e. The molecule has 2 aromatic carbocycles. The normalized spacial score (nSPS) is 13.6. The quantitative estimate of drug-likeness (QED) is 0.327. The number of alkyl halides is 3. The summed E-state index contributed by atoms with van der Waals surface area (Å²) in [6.45, 7) is 1.52. The lowest BCUT2D eigenvalue weighted by Gasteiger charge is -2.22. The second-order valence-corrected chi connectivity index (χ2v) is 9.17. The van der Waals surface area contributed by atoms with Crippen LogP contribution < -0.4 is 9.64 Å². The molecule has 0 aromatic heterocycles. The molecule has 0 fully saturated rings. The van der Waals surface area contributed by atoms with Gasteiger partial charge in [0.1, 0.15) is 17.2 Å². The zero-order chi connectivity index (χ0) is 22.0. The van der Waals surface area contributed by atoms with Crippen molar-refractivity contribution >= 4 is 30.3 Å². The van der Waals surface area contributed by atoms with Gasteiger partial charge in [0.05, 0.1) is 21.8 Å². The lowest BCUT2D eigenvalue weighted by molar-refractivity contribution is -0.384. The lowest BCUT2D eigenvalue weighted by atomic mass is 10.2. The molecule has 29 heavy (non-hydrogen) atoms. The van der Waals surface area contributed by atoms with E-state index in [1.165, 1.54) is 31.0 Å². The van der Waals surface area contributed by atoms with Crippen LogP contribution in [0.2, 0.25) is 5.02 Å². The summed E-state index contributed by atoms with van der Waals surface area (Å²) in [6.07, 6.45) is -4.90. The van der Waals surface area contributed by atoms with Crippen molar-refractivity contribution in [2.75, 3.05) is 24.4 Å². The van der Waals surface area contributed by atoms with Gasteiger partial charge in [0, 0.05) is 25.3 Å². The molecule has 0 heterocycles. The van der Waals surface area contributed by atoms with E-state index in [2.05, 4.69) is 0 Å². The maximum Gasteiger partial charge on any atom is 0.416 e. The smallest absolute Gasteiger partial charge is 0.416 e. The standard InChI is InChI=1S/C17H17ClF3N2O5P/c1-3-29(26,27)10-22(2)15-9-12(5-6-14(15)23(24)25)28-16-7-4-11(8-13(16)18)17(19,20)21/h4-9H,3,10H2,1-2H3,(H,26,27). The first kappa shape index (κ1) is 23.0. The van der Waals surface area contributed by atoms with E-state index >= 15 is 0 Å². The molecule has 0 aliphatic heterocycles. The van der Waals surface area contributed by atoms with E-state index in [4.69, 9.17) is 16.3 Å². The van der Waals surface area contributed by atoms with Gasteiger partial charge in [-0.1, -0.05) is 18.5 Å². The van der Waals surface area contributed by atoms with Crippen molar-refractivity contribution in [3.63, 3.8) is 0 Å². The maximum atomic E-state index is 12.7. The highest BCUT2D eigenvalue weighted by atomic mass is 35.5. The summed E-state index contributed by atoms with van der Waals surface area (Å²) in [5, 5.41) is 11.0. The third kappa shape index (κ3) is 5.85. The molecular formula is C17H17ClF3N2O5P. The molecule has 0 aliphatic carbocycles. The molecule has 1 N–H and O–H groups in total. The Bertz CT molecular complexity index is 971. The van der Waals surface area contributed by atoms with Crippen LogP contribution in [0.5, 0.6) is 11.5 Å². The number of anilines is 1. The first-order valence-electron chi connectivity index (χ1n) is 8.19. The van der Waals surface area contributed by atoms with Crippen LogP contribution in [0.25, 0.3) is 0 Å². The Hall–Kier alpha value is -2.29. The van der Waals surface area contributed by atoms with Crippen LogP contribution in [0, 0.1) is 10.1 Å². The minimum absolute atomic E-state index is 0.0114. The van der Waals surface area contributed by atoms with Crippen molar-refractivity contribution in [2.24, 2.45) is 0 Å². The van der Waals surface area contributed by atoms with Crippen LogP contribution in [0.3, 0.4) is 0 Å². The topological polar surface area (TPSA) is 92.9 Å². The molecule has 0 bridgehead atoms. The number of ether oxygens (including phenoxy) is 1. The van der Waals surface area contributed by atoms with E-state index in [0.29, 0.717) is 6.07 Å². The van der Waals surface area contributed by atoms with E-state index in [9.17, 15) is 32.7 Å². The van der Waals surface area contributed by atoms with Crippen LogP contribution in [0.15, 0.2) is 36.4 Å². The van der Waals surface area contributed by atoms with E-state index in [1.807, 2.05) is 0 Å². The molecular weight excluding hydrogens is 436 g/mol. The molecule has 12 heteroatoms. The van der Waals surface area contributed by atoms with Gasteiger partial charge in [0.25, 0.3) is 5.69 Å². The second-order valence-electron chi connectivity index (χ2n) is 6.15. The molecule has 0 amide bonds. The average Bonchev–Trinajstić information content (AvgIpc) is 2.62. The molecule has 0 spiro atoms. The number of nitrogens with zero attached hydrogens (tertiary/aromatic N) is 2. The SMILES string of the molecule is CCP(=O)(O)CN(C)c1cc(Oc2ccc(C(F)(F)F)cc2Cl)ccc1[N+](=O)[O-]. The fourth-order valence-electron chi connectivity index (χ4n) is 2.42. The highest BCUT2D eigenvalue weighted by molar-refractivity contribution is 7.58. The summed E-state index contributed by atoms with van der Waals surface area (Å²) < 4.78 is 55.7. The van der Waals surface area contributed by atoms with Gasteiger partial charge < -0.3 is 14.5 Å². The minimum atomic E-state index is -4.57. The molecule has 1 unspecified atom stereocenters. The van der Waals surface area contributed by atoms with Gasteiger partial charge in [-0.3, -0.25) is 14.7 Å². The van der Waals surface area contributed by atoms with Crippen LogP contribution in [0.4, 0.5) is 24.5 Å². The van der Waals surface area contributed by atoms with E-state index < -0.39 is 24.0 Å². The van der Waals surface area contributed by atoms with Crippen LogP contribution in [-0.2, 0) is 10.7 Å². The first-order chi connectivity index (χ1) is 13.3. The van der Waals surface area contributed by atoms with Gasteiger partial charge in [0.2, 0.25) is 7.37 Å². The number of rotatable bonds is 7. The number of nitro benzene ring substituents is 1. The summed E-state index contributed by atoms with van der Waals surface area (Å²) in [6, 6.07) is 6.17. The molecule has 0 radical (unpaired) electrons. The number of nitro groups is 1. The lowest BCUT2D eigenvalue weighted by Crippen LogP contribution is -2.20. The summed E-state index contributed by atoms with van der Waals surface area (Å²) in [7, 11) is -2.11. The Labute approximate surface area is 169 Å². The van der Waals surface area contributed by atoms with Gasteiger partial charge in [-0.25, -0.2) is 0 Å². The van der Waals surface area contributed by atoms with Gasteiger partial charge in [0.15, 0.2) is 0 Å². The maximum absolute atomic E-state index is 12.7. The summed E-state index contributed by atoms with van der Waals surface area (Å²) >= 11 is 5.86. The highest BCUT2D eigenvalue weighted by Crippen LogP contribution is 2.44. The number of halogens is 4. The second kappa shape index (κ2) is 8.61. The molecule has 2 rings (SSSR count). The molecule has 1 atom stereocenters. The van der Waals surface area contributed by atoms with Crippen molar-refractivity contribution in [3.05, 3.63) is 57.1 Å². The Morgan fingerprint density at radius 2 is 1.93 bits per heavy atom. The largest absolute Gasteiger partial charge is 0.456 e. The number of hydrogen-bond donors (Lipinski definition) is 1. The Balaban J connectivity index is 2.38. The number of hydrogen-bond acceptors (Lipinski definition) is 5. The molecule has 2 aromatic rings. The van der Waals surface area contributed by atoms with Crippen LogP contribution in [-0.4, -0.2) is 29.3 Å². The van der Waals surface area contributed by atoms with Crippen molar-refractivity contribution in [3.8, 4) is 11.5 Å².